The second-order valence-corrected chi connectivity index (χ2v) is 3.08. The summed E-state index contributed by atoms with van der Waals surface area (Å²) in [7, 11) is 2.15. The number of likely N-dealkylation sites (tertiary alicyclic amines) is 1. The first-order valence-electron chi connectivity index (χ1n) is 3.70. The van der Waals surface area contributed by atoms with E-state index in [-0.39, 0.29) is 0 Å². The molecule has 2 saturated heterocycles. The minimum Gasteiger partial charge on any atom is -0.363 e. The topological polar surface area (TPSA) is 12.5 Å². The van der Waals surface area contributed by atoms with Crippen LogP contribution >= 0.6 is 0 Å². The molecule has 0 bridgehead atoms. The molecular weight excluding hydrogens is 114 g/mol. The first-order chi connectivity index (χ1) is 4.38. The molecule has 52 valence electrons. The molecule has 0 saturated carbocycles. The summed E-state index contributed by atoms with van der Waals surface area (Å²) < 4.78 is 5.52. The molecule has 2 aliphatic heterocycles. The summed E-state index contributed by atoms with van der Waals surface area (Å²) in [5.74, 6) is 0.856. The van der Waals surface area contributed by atoms with Gasteiger partial charge in [-0.3, -0.25) is 4.90 Å². The molecule has 0 spiro atoms. The van der Waals surface area contributed by atoms with Crippen molar-refractivity contribution in [3.8, 4) is 0 Å². The molecule has 2 nitrogen and oxygen atoms in total. The Bertz CT molecular complexity index is 115. The highest BCUT2D eigenvalue weighted by Crippen LogP contribution is 2.31. The van der Waals surface area contributed by atoms with Gasteiger partial charge in [-0.2, -0.15) is 0 Å². The zero-order chi connectivity index (χ0) is 6.27. The standard InChI is InChI=1S/C7H13NO/c1-8-4-2-6-3-5-9-7(6)8/h6-7H,2-5H2,1H3/t6-,7+/m0/s1. The quantitative estimate of drug-likeness (QED) is 0.474. The molecule has 0 aromatic carbocycles. The lowest BCUT2D eigenvalue weighted by atomic mass is 10.1. The van der Waals surface area contributed by atoms with Crippen molar-refractivity contribution >= 4 is 0 Å². The lowest BCUT2D eigenvalue weighted by Gasteiger charge is -2.16. The highest BCUT2D eigenvalue weighted by Gasteiger charge is 2.36. The van der Waals surface area contributed by atoms with Gasteiger partial charge in [-0.1, -0.05) is 0 Å². The molecule has 0 aliphatic carbocycles. The molecule has 2 aliphatic rings. The maximum atomic E-state index is 5.52. The fraction of sp³-hybridized carbons (Fsp3) is 1.00. The molecular formula is C7H13NO. The normalized spacial score (nSPS) is 43.7. The summed E-state index contributed by atoms with van der Waals surface area (Å²) in [6, 6.07) is 0. The van der Waals surface area contributed by atoms with Crippen LogP contribution in [0, 0.1) is 5.92 Å². The van der Waals surface area contributed by atoms with Crippen LogP contribution in [0.2, 0.25) is 0 Å². The second-order valence-electron chi connectivity index (χ2n) is 3.08. The SMILES string of the molecule is CN1CC[C@H]2CCO[C@H]21. The molecule has 0 aromatic rings. The van der Waals surface area contributed by atoms with E-state index >= 15 is 0 Å². The fourth-order valence-electron chi connectivity index (χ4n) is 1.89. The van der Waals surface area contributed by atoms with E-state index in [2.05, 4.69) is 11.9 Å². The van der Waals surface area contributed by atoms with Crippen molar-refractivity contribution in [1.29, 1.82) is 0 Å². The summed E-state index contributed by atoms with van der Waals surface area (Å²) in [4.78, 5) is 2.32. The first-order valence-corrected chi connectivity index (χ1v) is 3.70. The smallest absolute Gasteiger partial charge is 0.113 e. The molecule has 2 fully saturated rings. The van der Waals surface area contributed by atoms with Gasteiger partial charge in [0.25, 0.3) is 0 Å². The van der Waals surface area contributed by atoms with Crippen LogP contribution in [0.15, 0.2) is 0 Å². The minimum absolute atomic E-state index is 0.477. The monoisotopic (exact) mass is 127 g/mol. The molecule has 9 heavy (non-hydrogen) atoms. The highest BCUT2D eigenvalue weighted by atomic mass is 16.5. The van der Waals surface area contributed by atoms with Gasteiger partial charge in [0, 0.05) is 19.1 Å². The van der Waals surface area contributed by atoms with Crippen LogP contribution in [0.5, 0.6) is 0 Å². The maximum Gasteiger partial charge on any atom is 0.113 e. The number of rotatable bonds is 0. The van der Waals surface area contributed by atoms with Crippen molar-refractivity contribution in [3.05, 3.63) is 0 Å². The van der Waals surface area contributed by atoms with E-state index in [1.54, 1.807) is 0 Å². The number of ether oxygens (including phenoxy) is 1. The Hall–Kier alpha value is -0.0800. The van der Waals surface area contributed by atoms with Crippen LogP contribution < -0.4 is 0 Å². The third kappa shape index (κ3) is 0.775. The zero-order valence-electron chi connectivity index (χ0n) is 5.84. The lowest BCUT2D eigenvalue weighted by Crippen LogP contribution is -2.27. The third-order valence-electron chi connectivity index (χ3n) is 2.47. The van der Waals surface area contributed by atoms with Crippen molar-refractivity contribution in [3.63, 3.8) is 0 Å². The molecule has 0 amide bonds. The van der Waals surface area contributed by atoms with Crippen molar-refractivity contribution in [1.82, 2.24) is 4.90 Å². The fourth-order valence-corrected chi connectivity index (χ4v) is 1.89. The van der Waals surface area contributed by atoms with Gasteiger partial charge in [0.1, 0.15) is 6.23 Å². The average molecular weight is 127 g/mol. The molecule has 2 heteroatoms. The Kier molecular flexibility index (Phi) is 1.24. The Morgan fingerprint density at radius 1 is 1.44 bits per heavy atom. The first kappa shape index (κ1) is 5.69. The maximum absolute atomic E-state index is 5.52. The Labute approximate surface area is 55.8 Å². The molecule has 0 N–H and O–H groups in total. The second kappa shape index (κ2) is 1.96. The van der Waals surface area contributed by atoms with E-state index < -0.39 is 0 Å². The summed E-state index contributed by atoms with van der Waals surface area (Å²) in [5, 5.41) is 0. The third-order valence-corrected chi connectivity index (χ3v) is 2.47. The van der Waals surface area contributed by atoms with E-state index in [1.807, 2.05) is 0 Å². The van der Waals surface area contributed by atoms with Gasteiger partial charge in [0.05, 0.1) is 0 Å². The molecule has 2 atom stereocenters. The molecule has 2 heterocycles. The van der Waals surface area contributed by atoms with Crippen molar-refractivity contribution in [2.75, 3.05) is 20.2 Å². The zero-order valence-corrected chi connectivity index (χ0v) is 5.84. The van der Waals surface area contributed by atoms with Crippen molar-refractivity contribution in [2.24, 2.45) is 5.92 Å². The van der Waals surface area contributed by atoms with Crippen molar-refractivity contribution in [2.45, 2.75) is 19.1 Å². The van der Waals surface area contributed by atoms with Crippen LogP contribution in [0.25, 0.3) is 0 Å². The van der Waals surface area contributed by atoms with E-state index in [1.165, 1.54) is 19.4 Å². The predicted molar refractivity (Wildman–Crippen MR) is 35.1 cm³/mol. The van der Waals surface area contributed by atoms with Gasteiger partial charge in [-0.05, 0) is 19.9 Å². The Balaban J connectivity index is 2.07. The van der Waals surface area contributed by atoms with Gasteiger partial charge in [0.15, 0.2) is 0 Å². The van der Waals surface area contributed by atoms with Crippen LogP contribution in [-0.4, -0.2) is 31.3 Å². The summed E-state index contributed by atoms with van der Waals surface area (Å²) in [5.41, 5.74) is 0. The van der Waals surface area contributed by atoms with Crippen LogP contribution in [0.3, 0.4) is 0 Å². The van der Waals surface area contributed by atoms with Gasteiger partial charge >= 0.3 is 0 Å². The number of hydrogen-bond acceptors (Lipinski definition) is 2. The lowest BCUT2D eigenvalue weighted by molar-refractivity contribution is 0.00710. The number of nitrogens with zero attached hydrogens (tertiary/aromatic N) is 1. The van der Waals surface area contributed by atoms with Crippen LogP contribution in [0.1, 0.15) is 12.8 Å². The number of fused-ring (bicyclic) bond motifs is 1. The molecule has 0 aromatic heterocycles. The summed E-state index contributed by atoms with van der Waals surface area (Å²) in [6.45, 7) is 2.22. The average Bonchev–Trinajstić information content (AvgIpc) is 2.35. The molecule has 0 unspecified atom stereocenters. The van der Waals surface area contributed by atoms with Gasteiger partial charge in [-0.15, -0.1) is 0 Å². The Morgan fingerprint density at radius 2 is 2.33 bits per heavy atom. The van der Waals surface area contributed by atoms with Crippen LogP contribution in [0.4, 0.5) is 0 Å². The van der Waals surface area contributed by atoms with Gasteiger partial charge < -0.3 is 4.74 Å². The van der Waals surface area contributed by atoms with Crippen molar-refractivity contribution < 1.29 is 4.74 Å². The minimum atomic E-state index is 0.477. The largest absolute Gasteiger partial charge is 0.363 e. The summed E-state index contributed by atoms with van der Waals surface area (Å²) >= 11 is 0. The molecule has 0 radical (unpaired) electrons. The predicted octanol–water partition coefficient (Wildman–Crippen LogP) is 0.684. The van der Waals surface area contributed by atoms with E-state index in [9.17, 15) is 0 Å². The van der Waals surface area contributed by atoms with E-state index in [0.717, 1.165) is 12.5 Å². The number of hydrogen-bond donors (Lipinski definition) is 0. The van der Waals surface area contributed by atoms with Crippen LogP contribution in [-0.2, 0) is 4.74 Å². The van der Waals surface area contributed by atoms with E-state index in [0.29, 0.717) is 6.23 Å². The Morgan fingerprint density at radius 3 is 3.11 bits per heavy atom. The van der Waals surface area contributed by atoms with E-state index in [4.69, 9.17) is 4.74 Å². The summed E-state index contributed by atoms with van der Waals surface area (Å²) in [6.07, 6.45) is 3.11. The van der Waals surface area contributed by atoms with Gasteiger partial charge in [0.2, 0.25) is 0 Å². The van der Waals surface area contributed by atoms with Gasteiger partial charge in [-0.25, -0.2) is 0 Å². The molecule has 2 rings (SSSR count). The highest BCUT2D eigenvalue weighted by molar-refractivity contribution is 4.82.